The van der Waals surface area contributed by atoms with Crippen molar-refractivity contribution >= 4 is 27.4 Å². The number of hydrogen-bond acceptors (Lipinski definition) is 6. The van der Waals surface area contributed by atoms with E-state index in [4.69, 9.17) is 10.5 Å². The first-order chi connectivity index (χ1) is 9.38. The minimum absolute atomic E-state index is 0.214. The van der Waals surface area contributed by atoms with Gasteiger partial charge in [-0.3, -0.25) is 9.52 Å². The molecule has 112 valence electrons. The van der Waals surface area contributed by atoms with E-state index in [0.717, 1.165) is 0 Å². The smallest absolute Gasteiger partial charge is 0.306 e. The van der Waals surface area contributed by atoms with Crippen LogP contribution >= 0.6 is 0 Å². The Hall–Kier alpha value is -1.96. The van der Waals surface area contributed by atoms with E-state index >= 15 is 0 Å². The van der Waals surface area contributed by atoms with Gasteiger partial charge in [0.1, 0.15) is 5.75 Å². The molecule has 0 bridgehead atoms. The highest BCUT2D eigenvalue weighted by molar-refractivity contribution is 7.92. The van der Waals surface area contributed by atoms with E-state index in [9.17, 15) is 13.2 Å². The maximum atomic E-state index is 11.9. The SMILES string of the molecule is CCOC(=O)CCS(=O)(=O)Nc1cc(N)ccc1OC. The van der Waals surface area contributed by atoms with Gasteiger partial charge in [-0.1, -0.05) is 0 Å². The number of rotatable bonds is 7. The van der Waals surface area contributed by atoms with E-state index in [1.807, 2.05) is 0 Å². The monoisotopic (exact) mass is 302 g/mol. The van der Waals surface area contributed by atoms with Crippen LogP contribution in [0.15, 0.2) is 18.2 Å². The van der Waals surface area contributed by atoms with E-state index in [0.29, 0.717) is 11.4 Å². The minimum Gasteiger partial charge on any atom is -0.495 e. The molecule has 3 N–H and O–H groups in total. The molecule has 0 aliphatic heterocycles. The second-order valence-corrected chi connectivity index (χ2v) is 5.78. The normalized spacial score (nSPS) is 10.9. The number of methoxy groups -OCH3 is 1. The molecule has 0 spiro atoms. The third-order valence-electron chi connectivity index (χ3n) is 2.37. The summed E-state index contributed by atoms with van der Waals surface area (Å²) < 4.78 is 35.8. The molecule has 0 aromatic heterocycles. The predicted octanol–water partition coefficient (Wildman–Crippen LogP) is 0.972. The summed E-state index contributed by atoms with van der Waals surface area (Å²) in [5.41, 5.74) is 6.23. The van der Waals surface area contributed by atoms with Crippen molar-refractivity contribution in [3.63, 3.8) is 0 Å². The fourth-order valence-electron chi connectivity index (χ4n) is 1.47. The highest BCUT2D eigenvalue weighted by Crippen LogP contribution is 2.27. The Bertz CT molecular complexity index is 571. The zero-order chi connectivity index (χ0) is 15.2. The zero-order valence-electron chi connectivity index (χ0n) is 11.4. The highest BCUT2D eigenvalue weighted by atomic mass is 32.2. The Morgan fingerprint density at radius 2 is 2.10 bits per heavy atom. The summed E-state index contributed by atoms with van der Waals surface area (Å²) >= 11 is 0. The van der Waals surface area contributed by atoms with Crippen molar-refractivity contribution in [3.05, 3.63) is 18.2 Å². The Balaban J connectivity index is 2.76. The number of anilines is 2. The fraction of sp³-hybridized carbons (Fsp3) is 0.417. The molecule has 7 nitrogen and oxygen atoms in total. The number of benzene rings is 1. The molecule has 0 radical (unpaired) electrons. The van der Waals surface area contributed by atoms with E-state index in [2.05, 4.69) is 9.46 Å². The fourth-order valence-corrected chi connectivity index (χ4v) is 2.51. The molecule has 20 heavy (non-hydrogen) atoms. The zero-order valence-corrected chi connectivity index (χ0v) is 12.2. The molecule has 0 unspecified atom stereocenters. The second kappa shape index (κ2) is 6.99. The molecule has 0 aliphatic rings. The van der Waals surface area contributed by atoms with Crippen molar-refractivity contribution in [1.82, 2.24) is 0 Å². The standard InChI is InChI=1S/C12H18N2O5S/c1-3-19-12(15)6-7-20(16,17)14-10-8-9(13)4-5-11(10)18-2/h4-5,8,14H,3,6-7,13H2,1-2H3. The third kappa shape index (κ3) is 4.96. The van der Waals surface area contributed by atoms with Gasteiger partial charge in [0.15, 0.2) is 0 Å². The summed E-state index contributed by atoms with van der Waals surface area (Å²) in [6.07, 6.45) is -0.214. The van der Waals surface area contributed by atoms with Gasteiger partial charge in [-0.05, 0) is 25.1 Å². The maximum absolute atomic E-state index is 11.9. The molecule has 0 aliphatic carbocycles. The van der Waals surface area contributed by atoms with Gasteiger partial charge in [-0.15, -0.1) is 0 Å². The van der Waals surface area contributed by atoms with Crippen LogP contribution in [0.25, 0.3) is 0 Å². The highest BCUT2D eigenvalue weighted by Gasteiger charge is 2.16. The molecule has 0 saturated heterocycles. The summed E-state index contributed by atoms with van der Waals surface area (Å²) in [6.45, 7) is 1.87. The van der Waals surface area contributed by atoms with Gasteiger partial charge in [0, 0.05) is 5.69 Å². The van der Waals surface area contributed by atoms with Crippen LogP contribution in [0, 0.1) is 0 Å². The maximum Gasteiger partial charge on any atom is 0.306 e. The number of carbonyl (C=O) groups excluding carboxylic acids is 1. The van der Waals surface area contributed by atoms with Crippen LogP contribution in [0.4, 0.5) is 11.4 Å². The van der Waals surface area contributed by atoms with Gasteiger partial charge >= 0.3 is 5.97 Å². The first kappa shape index (κ1) is 16.1. The van der Waals surface area contributed by atoms with E-state index in [1.165, 1.54) is 13.2 Å². The number of sulfonamides is 1. The summed E-state index contributed by atoms with van der Waals surface area (Å²) in [5, 5.41) is 0. The number of nitrogens with two attached hydrogens (primary N) is 1. The summed E-state index contributed by atoms with van der Waals surface area (Å²) in [7, 11) is -2.27. The lowest BCUT2D eigenvalue weighted by atomic mass is 10.2. The number of carbonyl (C=O) groups is 1. The summed E-state index contributed by atoms with van der Waals surface area (Å²) in [4.78, 5) is 11.2. The van der Waals surface area contributed by atoms with Crippen molar-refractivity contribution in [1.29, 1.82) is 0 Å². The van der Waals surface area contributed by atoms with Crippen LogP contribution in [0.5, 0.6) is 5.75 Å². The second-order valence-electron chi connectivity index (χ2n) is 3.94. The first-order valence-electron chi connectivity index (χ1n) is 5.97. The quantitative estimate of drug-likeness (QED) is 0.574. The molecule has 0 amide bonds. The van der Waals surface area contributed by atoms with Crippen LogP contribution in [0.3, 0.4) is 0 Å². The average Bonchev–Trinajstić information content (AvgIpc) is 2.37. The van der Waals surface area contributed by atoms with Crippen molar-refractivity contribution in [2.45, 2.75) is 13.3 Å². The molecule has 1 aromatic rings. The lowest BCUT2D eigenvalue weighted by Crippen LogP contribution is -2.20. The van der Waals surface area contributed by atoms with Crippen LogP contribution < -0.4 is 15.2 Å². The minimum atomic E-state index is -3.68. The van der Waals surface area contributed by atoms with Crippen molar-refractivity contribution < 1.29 is 22.7 Å². The molecule has 0 fully saturated rings. The average molecular weight is 302 g/mol. The molecule has 8 heteroatoms. The summed E-state index contributed by atoms with van der Waals surface area (Å²) in [5.74, 6) is -0.583. The Labute approximate surface area is 118 Å². The van der Waals surface area contributed by atoms with E-state index < -0.39 is 16.0 Å². The van der Waals surface area contributed by atoms with Gasteiger partial charge in [-0.2, -0.15) is 0 Å². The molecular weight excluding hydrogens is 284 g/mol. The van der Waals surface area contributed by atoms with Gasteiger partial charge in [0.2, 0.25) is 10.0 Å². The molecule has 0 atom stereocenters. The van der Waals surface area contributed by atoms with Crippen molar-refractivity contribution in [2.75, 3.05) is 29.9 Å². The number of ether oxygens (including phenoxy) is 2. The van der Waals surface area contributed by atoms with Crippen molar-refractivity contribution in [3.8, 4) is 5.75 Å². The number of nitrogens with one attached hydrogen (secondary N) is 1. The first-order valence-corrected chi connectivity index (χ1v) is 7.63. The molecule has 1 rings (SSSR count). The van der Waals surface area contributed by atoms with Gasteiger partial charge in [0.25, 0.3) is 0 Å². The van der Waals surface area contributed by atoms with Crippen LogP contribution in [0.2, 0.25) is 0 Å². The molecule has 0 saturated carbocycles. The summed E-state index contributed by atoms with van der Waals surface area (Å²) in [6, 6.07) is 4.59. The number of esters is 1. The van der Waals surface area contributed by atoms with E-state index in [-0.39, 0.29) is 24.5 Å². The van der Waals surface area contributed by atoms with Crippen molar-refractivity contribution in [2.24, 2.45) is 0 Å². The Morgan fingerprint density at radius 1 is 1.40 bits per heavy atom. The number of nitrogen functional groups attached to an aromatic ring is 1. The van der Waals surface area contributed by atoms with Gasteiger partial charge in [-0.25, -0.2) is 8.42 Å². The molecule has 0 heterocycles. The predicted molar refractivity (Wildman–Crippen MR) is 76.1 cm³/mol. The molecular formula is C12H18N2O5S. The largest absolute Gasteiger partial charge is 0.495 e. The lowest BCUT2D eigenvalue weighted by Gasteiger charge is -2.12. The van der Waals surface area contributed by atoms with Crippen LogP contribution in [-0.4, -0.2) is 33.9 Å². The van der Waals surface area contributed by atoms with Crippen LogP contribution in [0.1, 0.15) is 13.3 Å². The van der Waals surface area contributed by atoms with Gasteiger partial charge in [0.05, 0.1) is 31.6 Å². The molecule has 1 aromatic carbocycles. The topological polar surface area (TPSA) is 108 Å². The van der Waals surface area contributed by atoms with Crippen LogP contribution in [-0.2, 0) is 19.6 Å². The Morgan fingerprint density at radius 3 is 2.70 bits per heavy atom. The number of hydrogen-bond donors (Lipinski definition) is 2. The Kier molecular flexibility index (Phi) is 5.63. The van der Waals surface area contributed by atoms with Gasteiger partial charge < -0.3 is 15.2 Å². The van der Waals surface area contributed by atoms with E-state index in [1.54, 1.807) is 19.1 Å². The third-order valence-corrected chi connectivity index (χ3v) is 3.64. The lowest BCUT2D eigenvalue weighted by molar-refractivity contribution is -0.142.